The van der Waals surface area contributed by atoms with Gasteiger partial charge in [-0.3, -0.25) is 9.36 Å². The quantitative estimate of drug-likeness (QED) is 0.618. The lowest BCUT2D eigenvalue weighted by Gasteiger charge is -2.12. The number of rotatable bonds is 6. The van der Waals surface area contributed by atoms with E-state index in [1.807, 2.05) is 50.4 Å². The van der Waals surface area contributed by atoms with Crippen LogP contribution in [0, 0.1) is 0 Å². The van der Waals surface area contributed by atoms with Crippen LogP contribution in [0.3, 0.4) is 0 Å². The van der Waals surface area contributed by atoms with Gasteiger partial charge in [0.15, 0.2) is 16.7 Å². The molecular weight excluding hydrogens is 336 g/mol. The zero-order valence-electron chi connectivity index (χ0n) is 14.5. The molecule has 0 fully saturated rings. The van der Waals surface area contributed by atoms with Gasteiger partial charge >= 0.3 is 0 Å². The first kappa shape index (κ1) is 17.4. The van der Waals surface area contributed by atoms with Crippen LogP contribution in [-0.4, -0.2) is 34.9 Å². The summed E-state index contributed by atoms with van der Waals surface area (Å²) in [6.45, 7) is 4.89. The highest BCUT2D eigenvalue weighted by Crippen LogP contribution is 2.34. The number of carbonyl (C=O) groups is 1. The molecule has 3 rings (SSSR count). The number of thioether (sulfide) groups is 1. The van der Waals surface area contributed by atoms with Crippen molar-refractivity contribution in [1.29, 1.82) is 0 Å². The molecular formula is C19H20N2O3S. The minimum atomic E-state index is -0.112. The summed E-state index contributed by atoms with van der Waals surface area (Å²) in [7, 11) is 0. The first-order valence-corrected chi connectivity index (χ1v) is 9.37. The van der Waals surface area contributed by atoms with Gasteiger partial charge in [-0.15, -0.1) is 0 Å². The predicted octanol–water partition coefficient (Wildman–Crippen LogP) is 4.24. The van der Waals surface area contributed by atoms with Crippen molar-refractivity contribution in [1.82, 2.24) is 9.55 Å². The summed E-state index contributed by atoms with van der Waals surface area (Å²) < 4.78 is 13.0. The predicted molar refractivity (Wildman–Crippen MR) is 100 cm³/mol. The van der Waals surface area contributed by atoms with Crippen molar-refractivity contribution in [3.8, 4) is 11.5 Å². The summed E-state index contributed by atoms with van der Waals surface area (Å²) in [5, 5.41) is 0.639. The molecule has 0 aliphatic heterocycles. The van der Waals surface area contributed by atoms with Crippen molar-refractivity contribution < 1.29 is 14.3 Å². The smallest absolute Gasteiger partial charge is 0.264 e. The van der Waals surface area contributed by atoms with Gasteiger partial charge in [0.2, 0.25) is 0 Å². The normalized spacial score (nSPS) is 10.8. The summed E-state index contributed by atoms with van der Waals surface area (Å²) in [6.07, 6.45) is 1.91. The molecule has 0 atom stereocenters. The second-order valence-corrected chi connectivity index (χ2v) is 6.03. The Bertz CT molecular complexity index is 891. The fraction of sp³-hybridized carbons (Fsp3) is 0.263. The first-order valence-electron chi connectivity index (χ1n) is 8.15. The van der Waals surface area contributed by atoms with Crippen molar-refractivity contribution in [2.45, 2.75) is 19.0 Å². The molecule has 0 saturated carbocycles. The molecule has 2 aromatic carbocycles. The van der Waals surface area contributed by atoms with E-state index in [2.05, 4.69) is 4.98 Å². The molecule has 6 heteroatoms. The van der Waals surface area contributed by atoms with Crippen molar-refractivity contribution in [3.63, 3.8) is 0 Å². The van der Waals surface area contributed by atoms with Crippen molar-refractivity contribution >= 4 is 28.7 Å². The van der Waals surface area contributed by atoms with Crippen molar-refractivity contribution in [2.24, 2.45) is 0 Å². The van der Waals surface area contributed by atoms with E-state index in [0.717, 1.165) is 0 Å². The number of hydrogen-bond acceptors (Lipinski definition) is 5. The van der Waals surface area contributed by atoms with Crippen LogP contribution in [0.1, 0.15) is 24.2 Å². The maximum atomic E-state index is 13.0. The third-order valence-electron chi connectivity index (χ3n) is 3.70. The van der Waals surface area contributed by atoms with Crippen LogP contribution in [0.5, 0.6) is 11.5 Å². The number of carbonyl (C=O) groups excluding carboxylic acids is 1. The van der Waals surface area contributed by atoms with Gasteiger partial charge in [0.25, 0.3) is 5.91 Å². The Morgan fingerprint density at radius 2 is 1.72 bits per heavy atom. The van der Waals surface area contributed by atoms with E-state index in [4.69, 9.17) is 9.47 Å². The Morgan fingerprint density at radius 1 is 1.08 bits per heavy atom. The molecule has 0 radical (unpaired) electrons. The van der Waals surface area contributed by atoms with E-state index in [-0.39, 0.29) is 5.91 Å². The molecule has 0 aliphatic rings. The molecule has 0 spiro atoms. The molecule has 130 valence electrons. The zero-order valence-corrected chi connectivity index (χ0v) is 15.3. The molecule has 0 unspecified atom stereocenters. The largest absolute Gasteiger partial charge is 0.490 e. The third kappa shape index (κ3) is 3.35. The van der Waals surface area contributed by atoms with Crippen LogP contribution in [-0.2, 0) is 0 Å². The molecule has 0 amide bonds. The fourth-order valence-corrected chi connectivity index (χ4v) is 3.20. The van der Waals surface area contributed by atoms with Crippen LogP contribution >= 0.6 is 11.8 Å². The molecule has 0 aliphatic carbocycles. The zero-order chi connectivity index (χ0) is 17.8. The van der Waals surface area contributed by atoms with E-state index in [0.29, 0.717) is 46.5 Å². The molecule has 1 heterocycles. The molecule has 0 bridgehead atoms. The summed E-state index contributed by atoms with van der Waals surface area (Å²) in [5.41, 5.74) is 2.04. The van der Waals surface area contributed by atoms with Gasteiger partial charge in [0.05, 0.1) is 24.2 Å². The maximum Gasteiger partial charge on any atom is 0.264 e. The molecule has 0 N–H and O–H groups in total. The number of hydrogen-bond donors (Lipinski definition) is 0. The lowest BCUT2D eigenvalue weighted by Crippen LogP contribution is -2.13. The summed E-state index contributed by atoms with van der Waals surface area (Å²) >= 11 is 1.43. The van der Waals surface area contributed by atoms with Gasteiger partial charge in [0, 0.05) is 17.7 Å². The molecule has 3 aromatic rings. The monoisotopic (exact) mass is 356 g/mol. The number of nitrogens with zero attached hydrogens (tertiary/aromatic N) is 2. The average molecular weight is 356 g/mol. The Hall–Kier alpha value is -2.47. The van der Waals surface area contributed by atoms with Crippen LogP contribution in [0.2, 0.25) is 0 Å². The van der Waals surface area contributed by atoms with E-state index in [9.17, 15) is 4.79 Å². The van der Waals surface area contributed by atoms with Gasteiger partial charge in [-0.1, -0.05) is 30.0 Å². The number of imidazole rings is 1. The van der Waals surface area contributed by atoms with Gasteiger partial charge in [-0.05, 0) is 32.2 Å². The third-order valence-corrected chi connectivity index (χ3v) is 4.33. The highest BCUT2D eigenvalue weighted by atomic mass is 32.2. The fourth-order valence-electron chi connectivity index (χ4n) is 2.64. The minimum Gasteiger partial charge on any atom is -0.490 e. The molecule has 1 aromatic heterocycles. The first-order chi connectivity index (χ1) is 12.2. The Morgan fingerprint density at radius 3 is 2.32 bits per heavy atom. The van der Waals surface area contributed by atoms with E-state index >= 15 is 0 Å². The molecule has 25 heavy (non-hydrogen) atoms. The van der Waals surface area contributed by atoms with Crippen LogP contribution < -0.4 is 9.47 Å². The summed E-state index contributed by atoms with van der Waals surface area (Å²) in [4.78, 5) is 17.6. The van der Waals surface area contributed by atoms with Crippen LogP contribution in [0.4, 0.5) is 0 Å². The number of aromatic nitrogens is 2. The molecule has 5 nitrogen and oxygen atoms in total. The van der Waals surface area contributed by atoms with Crippen molar-refractivity contribution in [3.05, 3.63) is 48.0 Å². The molecule has 0 saturated heterocycles. The Kier molecular flexibility index (Phi) is 5.28. The van der Waals surface area contributed by atoms with Crippen molar-refractivity contribution in [2.75, 3.05) is 19.5 Å². The van der Waals surface area contributed by atoms with Crippen LogP contribution in [0.25, 0.3) is 11.0 Å². The summed E-state index contributed by atoms with van der Waals surface area (Å²) in [6, 6.07) is 12.9. The number of benzene rings is 2. The Labute approximate surface area is 151 Å². The lowest BCUT2D eigenvalue weighted by molar-refractivity contribution is 0.0955. The van der Waals surface area contributed by atoms with Crippen LogP contribution in [0.15, 0.2) is 47.6 Å². The Balaban J connectivity index is 2.20. The lowest BCUT2D eigenvalue weighted by atomic mass is 10.2. The van der Waals surface area contributed by atoms with Gasteiger partial charge in [0.1, 0.15) is 0 Å². The SMILES string of the molecule is CCOc1cc2nc(SC)n(C(=O)c3ccccc3)c2cc1OCC. The van der Waals surface area contributed by atoms with E-state index in [1.54, 1.807) is 16.7 Å². The maximum absolute atomic E-state index is 13.0. The second kappa shape index (κ2) is 7.61. The number of ether oxygens (including phenoxy) is 2. The van der Waals surface area contributed by atoms with E-state index in [1.165, 1.54) is 11.8 Å². The van der Waals surface area contributed by atoms with E-state index < -0.39 is 0 Å². The van der Waals surface area contributed by atoms with Gasteiger partial charge in [-0.2, -0.15) is 0 Å². The highest BCUT2D eigenvalue weighted by molar-refractivity contribution is 7.98. The standard InChI is InChI=1S/C19H20N2O3S/c1-4-23-16-11-14-15(12-17(16)24-5-2)21(19(20-14)25-3)18(22)13-9-7-6-8-10-13/h6-12H,4-5H2,1-3H3. The average Bonchev–Trinajstić information content (AvgIpc) is 3.00. The van der Waals surface area contributed by atoms with Gasteiger partial charge < -0.3 is 9.47 Å². The topological polar surface area (TPSA) is 53.4 Å². The second-order valence-electron chi connectivity index (χ2n) is 5.26. The van der Waals surface area contributed by atoms with Gasteiger partial charge in [-0.25, -0.2) is 4.98 Å². The minimum absolute atomic E-state index is 0.112. The summed E-state index contributed by atoms with van der Waals surface area (Å²) in [5.74, 6) is 1.15. The highest BCUT2D eigenvalue weighted by Gasteiger charge is 2.20. The number of fused-ring (bicyclic) bond motifs is 1.